The van der Waals surface area contributed by atoms with Crippen molar-refractivity contribution < 1.29 is 24.5 Å². The quantitative estimate of drug-likeness (QED) is 0.644. The van der Waals surface area contributed by atoms with Crippen LogP contribution in [0.25, 0.3) is 0 Å². The molecule has 1 aliphatic carbocycles. The van der Waals surface area contributed by atoms with Crippen molar-refractivity contribution in [2.75, 3.05) is 13.7 Å². The molecule has 0 amide bonds. The van der Waals surface area contributed by atoms with Gasteiger partial charge in [-0.25, -0.2) is 0 Å². The van der Waals surface area contributed by atoms with Gasteiger partial charge < -0.3 is 20.3 Å². The fourth-order valence-corrected chi connectivity index (χ4v) is 4.13. The number of phenolic OH excluding ortho intramolecular Hbond substituents is 2. The third-order valence-corrected chi connectivity index (χ3v) is 5.39. The number of ether oxygens (including phenoxy) is 1. The van der Waals surface area contributed by atoms with Gasteiger partial charge in [0, 0.05) is 17.2 Å². The number of benzene rings is 2. The predicted molar refractivity (Wildman–Crippen MR) is 99.0 cm³/mol. The van der Waals surface area contributed by atoms with Crippen LogP contribution in [0.5, 0.6) is 17.2 Å². The second-order valence-electron chi connectivity index (χ2n) is 7.13. The van der Waals surface area contributed by atoms with Crippen molar-refractivity contribution in [3.63, 3.8) is 0 Å². The van der Waals surface area contributed by atoms with E-state index in [4.69, 9.17) is 4.74 Å². The molecule has 0 radical (unpaired) electrons. The largest absolute Gasteiger partial charge is 0.507 e. The monoisotopic (exact) mass is 367 g/mol. The Morgan fingerprint density at radius 1 is 1.04 bits per heavy atom. The number of ketones is 2. The molecule has 6 heteroatoms. The number of carbonyl (C=O) groups excluding carboxylic acids is 2. The van der Waals surface area contributed by atoms with Crippen molar-refractivity contribution in [3.05, 3.63) is 51.6 Å². The average molecular weight is 367 g/mol. The van der Waals surface area contributed by atoms with E-state index in [1.165, 1.54) is 19.2 Å². The predicted octanol–water partition coefficient (Wildman–Crippen LogP) is 3.00. The molecule has 1 saturated heterocycles. The maximum atomic E-state index is 13.1. The number of methoxy groups -OCH3 is 1. The minimum Gasteiger partial charge on any atom is -0.507 e. The number of nitrogens with one attached hydrogen (secondary N) is 1. The summed E-state index contributed by atoms with van der Waals surface area (Å²) >= 11 is 0. The number of phenols is 2. The third-order valence-electron chi connectivity index (χ3n) is 5.39. The van der Waals surface area contributed by atoms with E-state index in [0.29, 0.717) is 16.9 Å². The van der Waals surface area contributed by atoms with E-state index in [9.17, 15) is 19.8 Å². The molecule has 1 fully saturated rings. The zero-order chi connectivity index (χ0) is 19.3. The molecular weight excluding hydrogens is 346 g/mol. The summed E-state index contributed by atoms with van der Waals surface area (Å²) in [6, 6.07) is 4.40. The molecule has 27 heavy (non-hydrogen) atoms. The minimum absolute atomic E-state index is 0.0545. The Morgan fingerprint density at radius 3 is 2.44 bits per heavy atom. The number of aromatic hydroxyl groups is 2. The number of rotatable bonds is 2. The van der Waals surface area contributed by atoms with Crippen LogP contribution in [-0.2, 0) is 0 Å². The molecular formula is C21H21NO5. The highest BCUT2D eigenvalue weighted by atomic mass is 16.5. The first-order valence-corrected chi connectivity index (χ1v) is 9.04. The molecule has 2 aliphatic rings. The molecule has 0 bridgehead atoms. The van der Waals surface area contributed by atoms with E-state index in [2.05, 4.69) is 5.32 Å². The van der Waals surface area contributed by atoms with Crippen molar-refractivity contribution in [1.82, 2.24) is 5.32 Å². The molecule has 2 aromatic carbocycles. The maximum Gasteiger partial charge on any atom is 0.201 e. The molecule has 2 aromatic rings. The Morgan fingerprint density at radius 2 is 1.78 bits per heavy atom. The Kier molecular flexibility index (Phi) is 4.15. The number of carbonyl (C=O) groups is 2. The van der Waals surface area contributed by atoms with Crippen LogP contribution in [0.3, 0.4) is 0 Å². The lowest BCUT2D eigenvalue weighted by molar-refractivity contribution is 0.0973. The van der Waals surface area contributed by atoms with E-state index >= 15 is 0 Å². The molecule has 0 saturated carbocycles. The molecule has 1 aliphatic heterocycles. The van der Waals surface area contributed by atoms with Gasteiger partial charge in [0.15, 0.2) is 5.78 Å². The number of aryl methyl sites for hydroxylation is 1. The molecule has 6 nitrogen and oxygen atoms in total. The van der Waals surface area contributed by atoms with Gasteiger partial charge in [0.05, 0.1) is 23.8 Å². The van der Waals surface area contributed by atoms with Gasteiger partial charge in [0.1, 0.15) is 17.2 Å². The first-order valence-electron chi connectivity index (χ1n) is 9.04. The molecule has 0 spiro atoms. The Bertz CT molecular complexity index is 973. The summed E-state index contributed by atoms with van der Waals surface area (Å²) in [5.41, 5.74) is 1.31. The lowest BCUT2D eigenvalue weighted by Crippen LogP contribution is -2.28. The first kappa shape index (κ1) is 17.5. The standard InChI is InChI=1S/C21H21NO5/c1-10-7-11-16(14(23)8-10)20(25)17-12(19(11)24)9-15(27-2)18(21(17)26)13-5-3-4-6-22-13/h7-9,13,22-23,26H,3-6H2,1-2H3/t13-/m1/s1. The molecule has 4 rings (SSSR count). The second-order valence-corrected chi connectivity index (χ2v) is 7.13. The molecule has 0 unspecified atom stereocenters. The Balaban J connectivity index is 1.96. The van der Waals surface area contributed by atoms with Gasteiger partial charge in [-0.1, -0.05) is 6.42 Å². The highest BCUT2D eigenvalue weighted by Gasteiger charge is 2.38. The second kappa shape index (κ2) is 6.39. The molecule has 3 N–H and O–H groups in total. The van der Waals surface area contributed by atoms with E-state index in [-0.39, 0.29) is 39.8 Å². The first-order chi connectivity index (χ1) is 12.9. The Labute approximate surface area is 156 Å². The van der Waals surface area contributed by atoms with Crippen molar-refractivity contribution in [3.8, 4) is 17.2 Å². The fraction of sp³-hybridized carbons (Fsp3) is 0.333. The number of hydrogen-bond acceptors (Lipinski definition) is 6. The van der Waals surface area contributed by atoms with Gasteiger partial charge in [-0.2, -0.15) is 0 Å². The topological polar surface area (TPSA) is 95.9 Å². The van der Waals surface area contributed by atoms with Gasteiger partial charge in [0.25, 0.3) is 0 Å². The van der Waals surface area contributed by atoms with Crippen molar-refractivity contribution in [1.29, 1.82) is 0 Å². The van der Waals surface area contributed by atoms with Crippen LogP contribution in [0.2, 0.25) is 0 Å². The number of hydrogen-bond donors (Lipinski definition) is 3. The van der Waals surface area contributed by atoms with Crippen molar-refractivity contribution in [2.45, 2.75) is 32.2 Å². The van der Waals surface area contributed by atoms with Crippen molar-refractivity contribution >= 4 is 11.6 Å². The maximum absolute atomic E-state index is 13.1. The van der Waals surface area contributed by atoms with Gasteiger partial charge >= 0.3 is 0 Å². The molecule has 140 valence electrons. The third kappa shape index (κ3) is 2.59. The van der Waals surface area contributed by atoms with Gasteiger partial charge in [-0.15, -0.1) is 0 Å². The summed E-state index contributed by atoms with van der Waals surface area (Å²) in [4.78, 5) is 26.1. The molecule has 1 heterocycles. The molecule has 0 aromatic heterocycles. The zero-order valence-corrected chi connectivity index (χ0v) is 15.3. The van der Waals surface area contributed by atoms with Crippen LogP contribution in [0.4, 0.5) is 0 Å². The smallest absolute Gasteiger partial charge is 0.201 e. The zero-order valence-electron chi connectivity index (χ0n) is 15.3. The number of fused-ring (bicyclic) bond motifs is 2. The van der Waals surface area contributed by atoms with Crippen molar-refractivity contribution in [2.24, 2.45) is 0 Å². The highest BCUT2D eigenvalue weighted by Crippen LogP contribution is 2.45. The lowest BCUT2D eigenvalue weighted by atomic mass is 9.80. The lowest BCUT2D eigenvalue weighted by Gasteiger charge is -2.28. The van der Waals surface area contributed by atoms with Gasteiger partial charge in [-0.05, 0) is 50.1 Å². The SMILES string of the molecule is COc1cc2c(c(O)c1[C@H]1CCCCN1)C(=O)c1c(O)cc(C)cc1C2=O. The van der Waals surface area contributed by atoms with E-state index < -0.39 is 11.6 Å². The summed E-state index contributed by atoms with van der Waals surface area (Å²) in [5.74, 6) is -1.06. The summed E-state index contributed by atoms with van der Waals surface area (Å²) in [7, 11) is 1.48. The van der Waals surface area contributed by atoms with Gasteiger partial charge in [0.2, 0.25) is 5.78 Å². The minimum atomic E-state index is -0.547. The highest BCUT2D eigenvalue weighted by molar-refractivity contribution is 6.30. The van der Waals surface area contributed by atoms with Crippen LogP contribution >= 0.6 is 0 Å². The van der Waals surface area contributed by atoms with Crippen LogP contribution in [0.1, 0.15) is 68.3 Å². The average Bonchev–Trinajstić information content (AvgIpc) is 2.65. The van der Waals surface area contributed by atoms with E-state index in [1.54, 1.807) is 13.0 Å². The molecule has 1 atom stereocenters. The fourth-order valence-electron chi connectivity index (χ4n) is 4.13. The summed E-state index contributed by atoms with van der Waals surface area (Å²) in [6.07, 6.45) is 2.83. The summed E-state index contributed by atoms with van der Waals surface area (Å²) < 4.78 is 5.45. The number of piperidine rings is 1. The van der Waals surface area contributed by atoms with Crippen LogP contribution in [0.15, 0.2) is 18.2 Å². The van der Waals surface area contributed by atoms with Crippen LogP contribution < -0.4 is 10.1 Å². The van der Waals surface area contributed by atoms with Gasteiger partial charge in [-0.3, -0.25) is 9.59 Å². The van der Waals surface area contributed by atoms with E-state index in [0.717, 1.165) is 25.8 Å². The summed E-state index contributed by atoms with van der Waals surface area (Å²) in [5, 5.41) is 24.6. The summed E-state index contributed by atoms with van der Waals surface area (Å²) in [6.45, 7) is 2.54. The van der Waals surface area contributed by atoms with Crippen LogP contribution in [-0.4, -0.2) is 35.4 Å². The normalized spacial score (nSPS) is 18.8. The van der Waals surface area contributed by atoms with E-state index in [1.807, 2.05) is 0 Å². The Hall–Kier alpha value is -2.86. The van der Waals surface area contributed by atoms with Crippen LogP contribution in [0, 0.1) is 6.92 Å².